The summed E-state index contributed by atoms with van der Waals surface area (Å²) in [6.45, 7) is 4.39. The summed E-state index contributed by atoms with van der Waals surface area (Å²) in [6.07, 6.45) is 1.00. The number of halogens is 1. The average molecular weight is 299 g/mol. The molecular formula is C14H19ClN2OS. The Balaban J connectivity index is 1.84. The van der Waals surface area contributed by atoms with E-state index in [1.54, 1.807) is 11.8 Å². The summed E-state index contributed by atoms with van der Waals surface area (Å²) in [7, 11) is 0. The first-order chi connectivity index (χ1) is 9.02. The normalized spacial score (nSPS) is 22.8. The fourth-order valence-corrected chi connectivity index (χ4v) is 3.10. The van der Waals surface area contributed by atoms with Gasteiger partial charge in [0.2, 0.25) is 5.91 Å². The van der Waals surface area contributed by atoms with Crippen molar-refractivity contribution >= 4 is 29.3 Å². The minimum Gasteiger partial charge on any atom is -0.341 e. The van der Waals surface area contributed by atoms with Gasteiger partial charge in [-0.2, -0.15) is 0 Å². The molecule has 0 bridgehead atoms. The second-order valence-corrected chi connectivity index (χ2v) is 6.81. The van der Waals surface area contributed by atoms with Crippen molar-refractivity contribution in [1.82, 2.24) is 4.90 Å². The van der Waals surface area contributed by atoms with Crippen molar-refractivity contribution in [3.63, 3.8) is 0 Å². The average Bonchev–Trinajstić information content (AvgIpc) is 2.81. The molecule has 1 atom stereocenters. The third-order valence-corrected chi connectivity index (χ3v) is 4.83. The molecule has 1 aliphatic heterocycles. The summed E-state index contributed by atoms with van der Waals surface area (Å²) in [5, 5.41) is 0.717. The summed E-state index contributed by atoms with van der Waals surface area (Å²) in [4.78, 5) is 15.1. The maximum Gasteiger partial charge on any atom is 0.232 e. The molecule has 3 nitrogen and oxygen atoms in total. The van der Waals surface area contributed by atoms with E-state index in [1.165, 1.54) is 0 Å². The van der Waals surface area contributed by atoms with E-state index in [-0.39, 0.29) is 11.3 Å². The maximum atomic E-state index is 12.1. The van der Waals surface area contributed by atoms with Crippen molar-refractivity contribution in [3.8, 4) is 0 Å². The third kappa shape index (κ3) is 3.88. The minimum atomic E-state index is 0.0978. The van der Waals surface area contributed by atoms with Gasteiger partial charge in [-0.05, 0) is 42.6 Å². The molecule has 0 aliphatic carbocycles. The van der Waals surface area contributed by atoms with Crippen LogP contribution in [0.2, 0.25) is 5.02 Å². The number of rotatable bonds is 4. The molecule has 1 amide bonds. The molecule has 1 unspecified atom stereocenters. The number of nitrogens with two attached hydrogens (primary N) is 1. The van der Waals surface area contributed by atoms with Gasteiger partial charge in [0.1, 0.15) is 0 Å². The zero-order chi connectivity index (χ0) is 13.9. The monoisotopic (exact) mass is 298 g/mol. The minimum absolute atomic E-state index is 0.0978. The van der Waals surface area contributed by atoms with Gasteiger partial charge in [-0.3, -0.25) is 4.79 Å². The number of amides is 1. The lowest BCUT2D eigenvalue weighted by Crippen LogP contribution is -2.35. The van der Waals surface area contributed by atoms with Crippen molar-refractivity contribution in [2.75, 3.05) is 25.4 Å². The van der Waals surface area contributed by atoms with Gasteiger partial charge in [0.25, 0.3) is 0 Å². The van der Waals surface area contributed by atoms with Gasteiger partial charge in [-0.25, -0.2) is 0 Å². The lowest BCUT2D eigenvalue weighted by Gasteiger charge is -2.22. The summed E-state index contributed by atoms with van der Waals surface area (Å²) < 4.78 is 0. The van der Waals surface area contributed by atoms with Gasteiger partial charge >= 0.3 is 0 Å². The van der Waals surface area contributed by atoms with Crippen LogP contribution in [0, 0.1) is 5.41 Å². The Kier molecular flexibility index (Phi) is 4.76. The van der Waals surface area contributed by atoms with Gasteiger partial charge in [-0.1, -0.05) is 18.5 Å². The van der Waals surface area contributed by atoms with E-state index >= 15 is 0 Å². The van der Waals surface area contributed by atoms with Gasteiger partial charge < -0.3 is 10.6 Å². The molecule has 1 aromatic rings. The zero-order valence-corrected chi connectivity index (χ0v) is 12.6. The van der Waals surface area contributed by atoms with E-state index in [1.807, 2.05) is 29.2 Å². The molecule has 1 heterocycles. The number of hydrogen-bond acceptors (Lipinski definition) is 3. The van der Waals surface area contributed by atoms with Crippen LogP contribution in [0.15, 0.2) is 29.2 Å². The van der Waals surface area contributed by atoms with E-state index in [0.717, 1.165) is 24.4 Å². The van der Waals surface area contributed by atoms with E-state index < -0.39 is 0 Å². The summed E-state index contributed by atoms with van der Waals surface area (Å²) in [5.41, 5.74) is 5.85. The molecule has 0 spiro atoms. The highest BCUT2D eigenvalue weighted by molar-refractivity contribution is 8.00. The molecule has 1 fully saturated rings. The molecule has 2 N–H and O–H groups in total. The molecule has 2 rings (SSSR count). The Hall–Kier alpha value is -0.710. The predicted molar refractivity (Wildman–Crippen MR) is 80.5 cm³/mol. The predicted octanol–water partition coefficient (Wildman–Crippen LogP) is 2.63. The van der Waals surface area contributed by atoms with Gasteiger partial charge in [-0.15, -0.1) is 11.8 Å². The van der Waals surface area contributed by atoms with Gasteiger partial charge in [0.15, 0.2) is 0 Å². The fraction of sp³-hybridized carbons (Fsp3) is 0.500. The quantitative estimate of drug-likeness (QED) is 0.869. The van der Waals surface area contributed by atoms with Crippen LogP contribution in [-0.2, 0) is 4.79 Å². The van der Waals surface area contributed by atoms with Crippen LogP contribution in [0.4, 0.5) is 0 Å². The van der Waals surface area contributed by atoms with Crippen LogP contribution in [-0.4, -0.2) is 36.2 Å². The Labute approximate surface area is 123 Å². The third-order valence-electron chi connectivity index (χ3n) is 3.58. The van der Waals surface area contributed by atoms with Crippen LogP contribution >= 0.6 is 23.4 Å². The number of thioether (sulfide) groups is 1. The van der Waals surface area contributed by atoms with E-state index in [4.69, 9.17) is 17.3 Å². The topological polar surface area (TPSA) is 46.3 Å². The molecule has 1 aliphatic rings. The zero-order valence-electron chi connectivity index (χ0n) is 11.1. The molecular weight excluding hydrogens is 280 g/mol. The molecule has 0 aromatic heterocycles. The molecule has 5 heteroatoms. The number of carbonyl (C=O) groups excluding carboxylic acids is 1. The summed E-state index contributed by atoms with van der Waals surface area (Å²) in [6, 6.07) is 7.56. The molecule has 1 saturated heterocycles. The molecule has 0 saturated carbocycles. The highest BCUT2D eigenvalue weighted by atomic mass is 35.5. The largest absolute Gasteiger partial charge is 0.341 e. The van der Waals surface area contributed by atoms with Crippen molar-refractivity contribution in [2.24, 2.45) is 11.1 Å². The molecule has 0 radical (unpaired) electrons. The Bertz CT molecular complexity index is 451. The SMILES string of the molecule is CC1(CN)CCN(C(=O)CSc2ccc(Cl)cc2)C1. The van der Waals surface area contributed by atoms with Crippen LogP contribution in [0.1, 0.15) is 13.3 Å². The molecule has 104 valence electrons. The Morgan fingerprint density at radius 2 is 2.16 bits per heavy atom. The summed E-state index contributed by atoms with van der Waals surface area (Å²) >= 11 is 7.38. The van der Waals surface area contributed by atoms with Crippen molar-refractivity contribution < 1.29 is 4.79 Å². The molecule has 19 heavy (non-hydrogen) atoms. The van der Waals surface area contributed by atoms with Crippen LogP contribution in [0.3, 0.4) is 0 Å². The standard InChI is InChI=1S/C14H19ClN2OS/c1-14(9-16)6-7-17(10-14)13(18)8-19-12-4-2-11(15)3-5-12/h2-5H,6-10,16H2,1H3. The fourth-order valence-electron chi connectivity index (χ4n) is 2.17. The van der Waals surface area contributed by atoms with Gasteiger partial charge in [0.05, 0.1) is 5.75 Å². The first-order valence-electron chi connectivity index (χ1n) is 6.39. The lowest BCUT2D eigenvalue weighted by atomic mass is 9.90. The number of likely N-dealkylation sites (tertiary alicyclic amines) is 1. The molecule has 1 aromatic carbocycles. The van der Waals surface area contributed by atoms with Crippen LogP contribution in [0.25, 0.3) is 0 Å². The van der Waals surface area contributed by atoms with Crippen molar-refractivity contribution in [3.05, 3.63) is 29.3 Å². The number of nitrogens with zero attached hydrogens (tertiary/aromatic N) is 1. The highest BCUT2D eigenvalue weighted by Crippen LogP contribution is 2.29. The second kappa shape index (κ2) is 6.16. The first kappa shape index (κ1) is 14.7. The van der Waals surface area contributed by atoms with Crippen LogP contribution in [0.5, 0.6) is 0 Å². The van der Waals surface area contributed by atoms with E-state index in [0.29, 0.717) is 17.3 Å². The summed E-state index contributed by atoms with van der Waals surface area (Å²) in [5.74, 6) is 0.666. The van der Waals surface area contributed by atoms with E-state index in [2.05, 4.69) is 6.92 Å². The number of carbonyl (C=O) groups is 1. The van der Waals surface area contributed by atoms with E-state index in [9.17, 15) is 4.79 Å². The van der Waals surface area contributed by atoms with Crippen molar-refractivity contribution in [1.29, 1.82) is 0 Å². The van der Waals surface area contributed by atoms with Crippen LogP contribution < -0.4 is 5.73 Å². The maximum absolute atomic E-state index is 12.1. The Morgan fingerprint density at radius 3 is 2.74 bits per heavy atom. The highest BCUT2D eigenvalue weighted by Gasteiger charge is 2.34. The Morgan fingerprint density at radius 1 is 1.47 bits per heavy atom. The van der Waals surface area contributed by atoms with Crippen molar-refractivity contribution in [2.45, 2.75) is 18.2 Å². The number of hydrogen-bond donors (Lipinski definition) is 1. The lowest BCUT2D eigenvalue weighted by molar-refractivity contribution is -0.127. The van der Waals surface area contributed by atoms with Gasteiger partial charge in [0, 0.05) is 23.0 Å². The smallest absolute Gasteiger partial charge is 0.232 e. The first-order valence-corrected chi connectivity index (χ1v) is 7.75. The second-order valence-electron chi connectivity index (χ2n) is 5.32. The number of benzene rings is 1.